The van der Waals surface area contributed by atoms with Crippen LogP contribution in [0.15, 0.2) is 27.7 Å². The molecular formula is C20H24Br2O2. The lowest BCUT2D eigenvalue weighted by atomic mass is 9.53. The molecule has 0 aliphatic heterocycles. The van der Waals surface area contributed by atoms with Gasteiger partial charge in [-0.1, -0.05) is 13.0 Å². The van der Waals surface area contributed by atoms with Crippen LogP contribution in [-0.2, 0) is 6.42 Å². The van der Waals surface area contributed by atoms with Crippen LogP contribution in [0.5, 0.6) is 5.75 Å². The average Bonchev–Trinajstić information content (AvgIpc) is 2.85. The van der Waals surface area contributed by atoms with Gasteiger partial charge in [0.1, 0.15) is 5.75 Å². The number of fused-ring (bicyclic) bond motifs is 5. The van der Waals surface area contributed by atoms with E-state index in [2.05, 4.69) is 51.4 Å². The van der Waals surface area contributed by atoms with Gasteiger partial charge < -0.3 is 10.2 Å². The van der Waals surface area contributed by atoms with Crippen molar-refractivity contribution < 1.29 is 10.2 Å². The molecule has 0 spiro atoms. The zero-order valence-corrected chi connectivity index (χ0v) is 17.2. The maximum atomic E-state index is 11.1. The summed E-state index contributed by atoms with van der Waals surface area (Å²) in [7, 11) is 0. The first-order valence-corrected chi connectivity index (χ1v) is 10.5. The van der Waals surface area contributed by atoms with Crippen LogP contribution in [0.2, 0.25) is 0 Å². The van der Waals surface area contributed by atoms with E-state index in [9.17, 15) is 10.2 Å². The summed E-state index contributed by atoms with van der Waals surface area (Å²) in [5.74, 6) is 2.02. The van der Waals surface area contributed by atoms with Crippen LogP contribution in [0.1, 0.15) is 56.1 Å². The van der Waals surface area contributed by atoms with Crippen molar-refractivity contribution in [2.75, 3.05) is 0 Å². The molecule has 2 fully saturated rings. The normalized spacial score (nSPS) is 40.6. The predicted octanol–water partition coefficient (Wildman–Crippen LogP) is 5.69. The summed E-state index contributed by atoms with van der Waals surface area (Å²) in [6.45, 7) is 6.21. The van der Waals surface area contributed by atoms with E-state index in [0.717, 1.165) is 47.5 Å². The Morgan fingerprint density at radius 1 is 1.25 bits per heavy atom. The lowest BCUT2D eigenvalue weighted by Gasteiger charge is -2.52. The molecule has 0 amide bonds. The molecule has 24 heavy (non-hydrogen) atoms. The van der Waals surface area contributed by atoms with Crippen molar-refractivity contribution in [2.24, 2.45) is 17.3 Å². The molecule has 0 unspecified atom stereocenters. The zero-order chi connectivity index (χ0) is 17.3. The second-order valence-electron chi connectivity index (χ2n) is 8.13. The standard InChI is InChI=1S/C20H24Br2O2/c1-3-20(24)9-7-15-12-4-5-13-14(10-16(21)18(23)17(13)22)11(12)6-8-19(15,20)2/h3,10-12,15,23-24H,1,4-9H2,2H3/t11-,12+,15-,19-,20-/m0/s1. The lowest BCUT2D eigenvalue weighted by Crippen LogP contribution is -2.49. The molecule has 1 aromatic carbocycles. The van der Waals surface area contributed by atoms with E-state index in [1.54, 1.807) is 6.08 Å². The van der Waals surface area contributed by atoms with E-state index < -0.39 is 5.60 Å². The highest BCUT2D eigenvalue weighted by Gasteiger charge is 2.60. The first-order valence-electron chi connectivity index (χ1n) is 8.88. The summed E-state index contributed by atoms with van der Waals surface area (Å²) in [4.78, 5) is 0. The van der Waals surface area contributed by atoms with Gasteiger partial charge in [-0.15, -0.1) is 6.58 Å². The Morgan fingerprint density at radius 2 is 2.00 bits per heavy atom. The average molecular weight is 456 g/mol. The van der Waals surface area contributed by atoms with Gasteiger partial charge in [-0.25, -0.2) is 0 Å². The Bertz CT molecular complexity index is 716. The minimum Gasteiger partial charge on any atom is -0.506 e. The molecule has 0 aromatic heterocycles. The van der Waals surface area contributed by atoms with Crippen LogP contribution >= 0.6 is 31.9 Å². The SMILES string of the molecule is C=C[C@]1(O)CC[C@H]2[C@@H]3CCc4c(cc(Br)c(O)c4Br)[C@H]3CC[C@@]21C. The first kappa shape index (κ1) is 17.1. The molecular weight excluding hydrogens is 432 g/mol. The van der Waals surface area contributed by atoms with Gasteiger partial charge >= 0.3 is 0 Å². The Kier molecular flexibility index (Phi) is 3.98. The molecule has 5 atom stereocenters. The highest BCUT2D eigenvalue weighted by atomic mass is 79.9. The van der Waals surface area contributed by atoms with Crippen LogP contribution in [0.4, 0.5) is 0 Å². The molecule has 4 heteroatoms. The molecule has 2 saturated carbocycles. The van der Waals surface area contributed by atoms with Crippen molar-refractivity contribution in [3.8, 4) is 5.75 Å². The fourth-order valence-corrected chi connectivity index (χ4v) is 7.38. The van der Waals surface area contributed by atoms with E-state index in [1.165, 1.54) is 11.1 Å². The van der Waals surface area contributed by atoms with Gasteiger partial charge in [0.2, 0.25) is 0 Å². The number of phenolic OH excluding ortho intramolecular Hbond substituents is 1. The van der Waals surface area contributed by atoms with Crippen LogP contribution < -0.4 is 0 Å². The fraction of sp³-hybridized carbons (Fsp3) is 0.600. The molecule has 130 valence electrons. The van der Waals surface area contributed by atoms with Crippen LogP contribution in [0.25, 0.3) is 0 Å². The lowest BCUT2D eigenvalue weighted by molar-refractivity contribution is -0.0707. The van der Waals surface area contributed by atoms with E-state index in [0.29, 0.717) is 23.5 Å². The van der Waals surface area contributed by atoms with E-state index >= 15 is 0 Å². The molecule has 1 aromatic rings. The second kappa shape index (κ2) is 5.59. The van der Waals surface area contributed by atoms with Crippen molar-refractivity contribution in [1.82, 2.24) is 0 Å². The summed E-state index contributed by atoms with van der Waals surface area (Å²) in [5.41, 5.74) is 1.91. The maximum absolute atomic E-state index is 11.1. The summed E-state index contributed by atoms with van der Waals surface area (Å²) in [6.07, 6.45) is 8.02. The van der Waals surface area contributed by atoms with Crippen LogP contribution in [-0.4, -0.2) is 15.8 Å². The minimum atomic E-state index is -0.709. The van der Waals surface area contributed by atoms with Crippen molar-refractivity contribution in [2.45, 2.75) is 57.0 Å². The van der Waals surface area contributed by atoms with Gasteiger partial charge in [0.15, 0.2) is 0 Å². The van der Waals surface area contributed by atoms with Crippen molar-refractivity contribution in [1.29, 1.82) is 0 Å². The number of aromatic hydroxyl groups is 1. The van der Waals surface area contributed by atoms with Gasteiger partial charge in [-0.2, -0.15) is 0 Å². The minimum absolute atomic E-state index is 0.0429. The summed E-state index contributed by atoms with van der Waals surface area (Å²) in [6, 6.07) is 2.13. The summed E-state index contributed by atoms with van der Waals surface area (Å²) < 4.78 is 1.63. The Morgan fingerprint density at radius 3 is 2.71 bits per heavy atom. The van der Waals surface area contributed by atoms with Crippen LogP contribution in [0, 0.1) is 17.3 Å². The molecule has 0 saturated heterocycles. The molecule has 0 heterocycles. The molecule has 0 bridgehead atoms. The monoisotopic (exact) mass is 454 g/mol. The molecule has 3 aliphatic carbocycles. The molecule has 4 rings (SSSR count). The quantitative estimate of drug-likeness (QED) is 0.534. The van der Waals surface area contributed by atoms with Crippen LogP contribution in [0.3, 0.4) is 0 Å². The number of rotatable bonds is 1. The highest BCUT2D eigenvalue weighted by molar-refractivity contribution is 9.11. The van der Waals surface area contributed by atoms with Gasteiger partial charge in [0.05, 0.1) is 14.5 Å². The zero-order valence-electron chi connectivity index (χ0n) is 14.0. The Labute approximate surface area is 160 Å². The number of benzene rings is 1. The van der Waals surface area contributed by atoms with E-state index in [1.807, 2.05) is 0 Å². The van der Waals surface area contributed by atoms with Crippen molar-refractivity contribution >= 4 is 31.9 Å². The first-order chi connectivity index (χ1) is 11.3. The van der Waals surface area contributed by atoms with Crippen molar-refractivity contribution in [3.63, 3.8) is 0 Å². The fourth-order valence-electron chi connectivity index (χ4n) is 6.03. The Hall–Kier alpha value is -0.320. The molecule has 2 nitrogen and oxygen atoms in total. The van der Waals surface area contributed by atoms with E-state index in [-0.39, 0.29) is 5.41 Å². The topological polar surface area (TPSA) is 40.5 Å². The van der Waals surface area contributed by atoms with Gasteiger partial charge in [0.25, 0.3) is 0 Å². The van der Waals surface area contributed by atoms with Crippen molar-refractivity contribution in [3.05, 3.63) is 38.8 Å². The van der Waals surface area contributed by atoms with Gasteiger partial charge in [-0.3, -0.25) is 0 Å². The number of aliphatic hydroxyl groups is 1. The smallest absolute Gasteiger partial charge is 0.144 e. The molecule has 2 N–H and O–H groups in total. The van der Waals surface area contributed by atoms with Gasteiger partial charge in [0, 0.05) is 5.41 Å². The number of hydrogen-bond acceptors (Lipinski definition) is 2. The van der Waals surface area contributed by atoms with E-state index in [4.69, 9.17) is 0 Å². The third-order valence-electron chi connectivity index (χ3n) is 7.45. The third-order valence-corrected chi connectivity index (χ3v) is 8.91. The maximum Gasteiger partial charge on any atom is 0.144 e. The summed E-state index contributed by atoms with van der Waals surface area (Å²) >= 11 is 7.10. The molecule has 0 radical (unpaired) electrons. The molecule has 3 aliphatic rings. The second-order valence-corrected chi connectivity index (χ2v) is 9.77. The number of phenols is 1. The number of hydrogen-bond donors (Lipinski definition) is 2. The predicted molar refractivity (Wildman–Crippen MR) is 103 cm³/mol. The largest absolute Gasteiger partial charge is 0.506 e. The third kappa shape index (κ3) is 2.09. The highest BCUT2D eigenvalue weighted by Crippen LogP contribution is 2.65. The van der Waals surface area contributed by atoms with Gasteiger partial charge in [-0.05, 0) is 105 Å². The summed E-state index contributed by atoms with van der Waals surface area (Å²) in [5, 5.41) is 21.3. The Balaban J connectivity index is 1.76. The number of halogens is 2.